The molecule has 0 unspecified atom stereocenters. The van der Waals surface area contributed by atoms with Gasteiger partial charge < -0.3 is 4.74 Å². The molecule has 20 heavy (non-hydrogen) atoms. The van der Waals surface area contributed by atoms with E-state index in [9.17, 15) is 18.0 Å². The summed E-state index contributed by atoms with van der Waals surface area (Å²) in [5.74, 6) is -0.687. The van der Waals surface area contributed by atoms with Gasteiger partial charge in [0.05, 0.1) is 5.56 Å². The monoisotopic (exact) mass is 350 g/mol. The van der Waals surface area contributed by atoms with Gasteiger partial charge in [0.2, 0.25) is 0 Å². The van der Waals surface area contributed by atoms with Crippen molar-refractivity contribution in [2.24, 2.45) is 0 Å². The second kappa shape index (κ2) is 5.99. The van der Waals surface area contributed by atoms with Crippen molar-refractivity contribution in [1.82, 2.24) is 0 Å². The Labute approximate surface area is 123 Å². The van der Waals surface area contributed by atoms with Crippen molar-refractivity contribution >= 4 is 28.0 Å². The maximum absolute atomic E-state index is 12.9. The smallest absolute Gasteiger partial charge is 0.417 e. The summed E-state index contributed by atoms with van der Waals surface area (Å²) in [4.78, 5) is 11.5. The molecule has 0 aliphatic rings. The summed E-state index contributed by atoms with van der Waals surface area (Å²) in [7, 11) is 0. The van der Waals surface area contributed by atoms with Crippen LogP contribution < -0.4 is 0 Å². The van der Waals surface area contributed by atoms with Crippen LogP contribution in [0.5, 0.6) is 0 Å². The SMILES string of the molecule is CC(C)(C)OC(=O)C=Cc1ccc(Br)cc1C(F)(F)F. The zero-order chi connectivity index (χ0) is 15.6. The van der Waals surface area contributed by atoms with E-state index in [1.54, 1.807) is 20.8 Å². The van der Waals surface area contributed by atoms with Crippen molar-refractivity contribution in [1.29, 1.82) is 0 Å². The summed E-state index contributed by atoms with van der Waals surface area (Å²) in [5, 5.41) is 0. The van der Waals surface area contributed by atoms with E-state index in [2.05, 4.69) is 15.9 Å². The van der Waals surface area contributed by atoms with E-state index in [4.69, 9.17) is 4.74 Å². The van der Waals surface area contributed by atoms with Crippen LogP contribution in [0, 0.1) is 0 Å². The van der Waals surface area contributed by atoms with Crippen LogP contribution >= 0.6 is 15.9 Å². The summed E-state index contributed by atoms with van der Waals surface area (Å²) in [6.45, 7) is 5.04. The number of rotatable bonds is 2. The molecule has 2 nitrogen and oxygen atoms in total. The molecule has 0 radical (unpaired) electrons. The molecule has 0 bridgehead atoms. The lowest BCUT2D eigenvalue weighted by molar-refractivity contribution is -0.148. The zero-order valence-corrected chi connectivity index (χ0v) is 12.8. The lowest BCUT2D eigenvalue weighted by Crippen LogP contribution is -2.22. The molecule has 0 aliphatic carbocycles. The third kappa shape index (κ3) is 5.36. The van der Waals surface area contributed by atoms with Crippen LogP contribution in [0.4, 0.5) is 13.2 Å². The van der Waals surface area contributed by atoms with Crippen LogP contribution in [-0.4, -0.2) is 11.6 Å². The maximum atomic E-state index is 12.9. The van der Waals surface area contributed by atoms with Crippen LogP contribution in [0.25, 0.3) is 6.08 Å². The number of hydrogen-bond donors (Lipinski definition) is 0. The van der Waals surface area contributed by atoms with Crippen molar-refractivity contribution < 1.29 is 22.7 Å². The first-order valence-electron chi connectivity index (χ1n) is 5.77. The molecule has 0 aliphatic heterocycles. The molecular weight excluding hydrogens is 337 g/mol. The van der Waals surface area contributed by atoms with Gasteiger partial charge in [-0.25, -0.2) is 4.79 Å². The molecule has 0 amide bonds. The van der Waals surface area contributed by atoms with Gasteiger partial charge >= 0.3 is 12.1 Å². The summed E-state index contributed by atoms with van der Waals surface area (Å²) in [6.07, 6.45) is -2.40. The zero-order valence-electron chi connectivity index (χ0n) is 11.2. The molecule has 0 aromatic heterocycles. The molecule has 1 aromatic rings. The number of halogens is 4. The Morgan fingerprint density at radius 1 is 1.25 bits per heavy atom. The Hall–Kier alpha value is -1.30. The molecule has 0 atom stereocenters. The number of alkyl halides is 3. The highest BCUT2D eigenvalue weighted by Gasteiger charge is 2.32. The van der Waals surface area contributed by atoms with E-state index < -0.39 is 23.3 Å². The first-order valence-corrected chi connectivity index (χ1v) is 6.56. The summed E-state index contributed by atoms with van der Waals surface area (Å²) in [5.41, 5.74) is -1.59. The molecule has 0 spiro atoms. The first-order chi connectivity index (χ1) is 8.99. The van der Waals surface area contributed by atoms with Gasteiger partial charge in [-0.2, -0.15) is 13.2 Å². The predicted octanol–water partition coefficient (Wildman–Crippen LogP) is 4.82. The Morgan fingerprint density at radius 2 is 1.85 bits per heavy atom. The van der Waals surface area contributed by atoms with Crippen molar-refractivity contribution in [3.05, 3.63) is 39.9 Å². The van der Waals surface area contributed by atoms with Crippen LogP contribution in [0.15, 0.2) is 28.7 Å². The quantitative estimate of drug-likeness (QED) is 0.564. The second-order valence-electron chi connectivity index (χ2n) is 5.10. The van der Waals surface area contributed by atoms with Gasteiger partial charge in [0.25, 0.3) is 0 Å². The van der Waals surface area contributed by atoms with Crippen LogP contribution in [0.3, 0.4) is 0 Å². The Kier molecular flexibility index (Phi) is 5.02. The standard InChI is InChI=1S/C14H14BrF3O2/c1-13(2,3)20-12(19)7-5-9-4-6-10(15)8-11(9)14(16,17)18/h4-8H,1-3H3. The molecule has 1 aromatic carbocycles. The highest BCUT2D eigenvalue weighted by molar-refractivity contribution is 9.10. The molecule has 0 saturated heterocycles. The predicted molar refractivity (Wildman–Crippen MR) is 74.0 cm³/mol. The van der Waals surface area contributed by atoms with E-state index in [0.29, 0.717) is 4.47 Å². The number of carbonyl (C=O) groups excluding carboxylic acids is 1. The van der Waals surface area contributed by atoms with E-state index >= 15 is 0 Å². The number of benzene rings is 1. The molecule has 6 heteroatoms. The summed E-state index contributed by atoms with van der Waals surface area (Å²) >= 11 is 2.99. The highest BCUT2D eigenvalue weighted by Crippen LogP contribution is 2.34. The highest BCUT2D eigenvalue weighted by atomic mass is 79.9. The Balaban J connectivity index is 3.01. The minimum atomic E-state index is -4.49. The third-order valence-corrected chi connectivity index (χ3v) is 2.62. The molecule has 1 rings (SSSR count). The van der Waals surface area contributed by atoms with E-state index in [1.807, 2.05) is 0 Å². The average molecular weight is 351 g/mol. The number of hydrogen-bond acceptors (Lipinski definition) is 2. The van der Waals surface area contributed by atoms with Gasteiger partial charge in [-0.15, -0.1) is 0 Å². The molecule has 0 saturated carbocycles. The Morgan fingerprint density at radius 3 is 2.35 bits per heavy atom. The second-order valence-corrected chi connectivity index (χ2v) is 6.01. The minimum absolute atomic E-state index is 0.0911. The van der Waals surface area contributed by atoms with Gasteiger partial charge in [0.15, 0.2) is 0 Å². The topological polar surface area (TPSA) is 26.3 Å². The Bertz CT molecular complexity index is 528. The van der Waals surface area contributed by atoms with Crippen molar-refractivity contribution in [3.63, 3.8) is 0 Å². The fourth-order valence-electron chi connectivity index (χ4n) is 1.41. The number of ether oxygens (including phenoxy) is 1. The van der Waals surface area contributed by atoms with Gasteiger partial charge in [0, 0.05) is 10.5 Å². The van der Waals surface area contributed by atoms with Crippen molar-refractivity contribution in [2.45, 2.75) is 32.5 Å². The van der Waals surface area contributed by atoms with Gasteiger partial charge in [-0.1, -0.05) is 22.0 Å². The molecule has 0 N–H and O–H groups in total. The van der Waals surface area contributed by atoms with Crippen molar-refractivity contribution in [2.75, 3.05) is 0 Å². The van der Waals surface area contributed by atoms with Gasteiger partial charge in [0.1, 0.15) is 5.60 Å². The minimum Gasteiger partial charge on any atom is -0.457 e. The first kappa shape index (κ1) is 16.8. The fraction of sp³-hybridized carbons (Fsp3) is 0.357. The normalized spacial score (nSPS) is 12.8. The largest absolute Gasteiger partial charge is 0.457 e. The van der Waals surface area contributed by atoms with E-state index in [0.717, 1.165) is 18.2 Å². The molecule has 0 fully saturated rings. The maximum Gasteiger partial charge on any atom is 0.417 e. The molecule has 0 heterocycles. The third-order valence-electron chi connectivity index (χ3n) is 2.13. The molecule has 110 valence electrons. The average Bonchev–Trinajstić information content (AvgIpc) is 2.23. The van der Waals surface area contributed by atoms with Crippen LogP contribution in [0.2, 0.25) is 0 Å². The van der Waals surface area contributed by atoms with E-state index in [-0.39, 0.29) is 5.56 Å². The number of carbonyl (C=O) groups is 1. The van der Waals surface area contributed by atoms with E-state index in [1.165, 1.54) is 12.1 Å². The number of esters is 1. The lowest BCUT2D eigenvalue weighted by Gasteiger charge is -2.18. The molecular formula is C14H14BrF3O2. The van der Waals surface area contributed by atoms with Crippen LogP contribution in [-0.2, 0) is 15.7 Å². The fourth-order valence-corrected chi connectivity index (χ4v) is 1.77. The van der Waals surface area contributed by atoms with Crippen LogP contribution in [0.1, 0.15) is 31.9 Å². The van der Waals surface area contributed by atoms with Gasteiger partial charge in [-0.3, -0.25) is 0 Å². The summed E-state index contributed by atoms with van der Waals surface area (Å²) in [6, 6.07) is 3.73. The van der Waals surface area contributed by atoms with Gasteiger partial charge in [-0.05, 0) is 44.5 Å². The lowest BCUT2D eigenvalue weighted by atomic mass is 10.1. The summed E-state index contributed by atoms with van der Waals surface area (Å²) < 4.78 is 43.9. The van der Waals surface area contributed by atoms with Crippen molar-refractivity contribution in [3.8, 4) is 0 Å².